The minimum atomic E-state index is -0.567. The summed E-state index contributed by atoms with van der Waals surface area (Å²) in [7, 11) is 3.76. The van der Waals surface area contributed by atoms with E-state index in [2.05, 4.69) is 27.9 Å². The molecule has 3 N–H and O–H groups in total. The Kier molecular flexibility index (Phi) is 5.06. The standard InChI is InChI=1S/C15H26N4O/c1-16-14(17-10-13-6-9-19(2)11-13)18-12-15(20)7-4-3-5-8-15/h6,9,11,20H,3-5,7-8,10,12H2,1-2H3,(H2,16,17,18). The second kappa shape index (κ2) is 6.79. The topological polar surface area (TPSA) is 61.6 Å². The molecule has 0 amide bonds. The average Bonchev–Trinajstić information content (AvgIpc) is 2.85. The molecule has 1 fully saturated rings. The fourth-order valence-corrected chi connectivity index (χ4v) is 2.71. The zero-order valence-electron chi connectivity index (χ0n) is 12.5. The van der Waals surface area contributed by atoms with Crippen molar-refractivity contribution in [2.75, 3.05) is 13.6 Å². The monoisotopic (exact) mass is 278 g/mol. The van der Waals surface area contributed by atoms with Gasteiger partial charge in [-0.2, -0.15) is 0 Å². The van der Waals surface area contributed by atoms with Crippen LogP contribution in [0.4, 0.5) is 0 Å². The largest absolute Gasteiger partial charge is 0.388 e. The van der Waals surface area contributed by atoms with Gasteiger partial charge in [0.05, 0.1) is 5.60 Å². The van der Waals surface area contributed by atoms with Crippen molar-refractivity contribution in [1.82, 2.24) is 15.2 Å². The van der Waals surface area contributed by atoms with Crippen molar-refractivity contribution in [2.24, 2.45) is 12.0 Å². The van der Waals surface area contributed by atoms with E-state index in [9.17, 15) is 5.11 Å². The molecule has 1 saturated carbocycles. The van der Waals surface area contributed by atoms with Crippen LogP contribution in [0.2, 0.25) is 0 Å². The molecule has 0 spiro atoms. The summed E-state index contributed by atoms with van der Waals surface area (Å²) in [5.74, 6) is 0.743. The normalized spacial score (nSPS) is 18.9. The first-order valence-electron chi connectivity index (χ1n) is 7.39. The molecule has 1 aliphatic rings. The number of aliphatic hydroxyl groups is 1. The van der Waals surface area contributed by atoms with Crippen LogP contribution >= 0.6 is 0 Å². The molecule has 5 nitrogen and oxygen atoms in total. The van der Waals surface area contributed by atoms with Crippen molar-refractivity contribution in [1.29, 1.82) is 0 Å². The van der Waals surface area contributed by atoms with Crippen LogP contribution in [0.3, 0.4) is 0 Å². The van der Waals surface area contributed by atoms with Gasteiger partial charge in [0, 0.05) is 39.6 Å². The summed E-state index contributed by atoms with van der Waals surface area (Å²) in [6, 6.07) is 2.08. The van der Waals surface area contributed by atoms with E-state index in [1.165, 1.54) is 12.0 Å². The molecule has 1 heterocycles. The van der Waals surface area contributed by atoms with Crippen molar-refractivity contribution in [3.8, 4) is 0 Å². The second-order valence-electron chi connectivity index (χ2n) is 5.75. The first-order chi connectivity index (χ1) is 9.61. The second-order valence-corrected chi connectivity index (χ2v) is 5.75. The molecule has 0 radical (unpaired) electrons. The van der Waals surface area contributed by atoms with E-state index >= 15 is 0 Å². The zero-order chi connectivity index (χ0) is 14.4. The van der Waals surface area contributed by atoms with Gasteiger partial charge in [0.25, 0.3) is 0 Å². The van der Waals surface area contributed by atoms with Crippen molar-refractivity contribution < 1.29 is 5.11 Å². The predicted octanol–water partition coefficient (Wildman–Crippen LogP) is 1.39. The Morgan fingerprint density at radius 3 is 2.70 bits per heavy atom. The van der Waals surface area contributed by atoms with Gasteiger partial charge in [0.15, 0.2) is 5.96 Å². The number of nitrogens with one attached hydrogen (secondary N) is 2. The maximum atomic E-state index is 10.5. The highest BCUT2D eigenvalue weighted by Gasteiger charge is 2.29. The van der Waals surface area contributed by atoms with Crippen LogP contribution in [-0.4, -0.2) is 34.8 Å². The maximum absolute atomic E-state index is 10.5. The average molecular weight is 278 g/mol. The predicted molar refractivity (Wildman–Crippen MR) is 81.6 cm³/mol. The highest BCUT2D eigenvalue weighted by atomic mass is 16.3. The Bertz CT molecular complexity index is 446. The number of hydrogen-bond acceptors (Lipinski definition) is 2. The van der Waals surface area contributed by atoms with Crippen LogP contribution in [0, 0.1) is 0 Å². The summed E-state index contributed by atoms with van der Waals surface area (Å²) < 4.78 is 2.03. The van der Waals surface area contributed by atoms with Gasteiger partial charge >= 0.3 is 0 Å². The maximum Gasteiger partial charge on any atom is 0.191 e. The third kappa shape index (κ3) is 4.27. The molecule has 0 atom stereocenters. The molecule has 0 aromatic carbocycles. The van der Waals surface area contributed by atoms with Crippen LogP contribution in [0.1, 0.15) is 37.7 Å². The van der Waals surface area contributed by atoms with Gasteiger partial charge in [0.2, 0.25) is 0 Å². The van der Waals surface area contributed by atoms with E-state index in [0.29, 0.717) is 6.54 Å². The number of guanidine groups is 1. The smallest absolute Gasteiger partial charge is 0.191 e. The van der Waals surface area contributed by atoms with E-state index in [1.54, 1.807) is 7.05 Å². The van der Waals surface area contributed by atoms with Crippen molar-refractivity contribution in [3.63, 3.8) is 0 Å². The van der Waals surface area contributed by atoms with Crippen molar-refractivity contribution in [2.45, 2.75) is 44.2 Å². The number of aryl methyl sites for hydroxylation is 1. The summed E-state index contributed by atoms with van der Waals surface area (Å²) in [4.78, 5) is 4.20. The van der Waals surface area contributed by atoms with E-state index in [-0.39, 0.29) is 0 Å². The van der Waals surface area contributed by atoms with E-state index in [1.807, 2.05) is 17.8 Å². The van der Waals surface area contributed by atoms with Gasteiger partial charge in [-0.1, -0.05) is 19.3 Å². The van der Waals surface area contributed by atoms with Gasteiger partial charge in [-0.3, -0.25) is 4.99 Å². The number of nitrogens with zero attached hydrogens (tertiary/aromatic N) is 2. The summed E-state index contributed by atoms with van der Waals surface area (Å²) in [6.07, 6.45) is 9.35. The molecule has 5 heteroatoms. The molecule has 0 saturated heterocycles. The van der Waals surface area contributed by atoms with Gasteiger partial charge < -0.3 is 20.3 Å². The van der Waals surface area contributed by atoms with Gasteiger partial charge in [-0.25, -0.2) is 0 Å². The lowest BCUT2D eigenvalue weighted by molar-refractivity contribution is 0.00859. The lowest BCUT2D eigenvalue weighted by atomic mass is 9.85. The summed E-state index contributed by atoms with van der Waals surface area (Å²) >= 11 is 0. The zero-order valence-corrected chi connectivity index (χ0v) is 12.5. The molecular weight excluding hydrogens is 252 g/mol. The number of aliphatic imine (C=N–C) groups is 1. The van der Waals surface area contributed by atoms with Crippen LogP contribution in [0.25, 0.3) is 0 Å². The summed E-state index contributed by atoms with van der Waals surface area (Å²) in [5, 5.41) is 17.0. The summed E-state index contributed by atoms with van der Waals surface area (Å²) in [5.41, 5.74) is 0.648. The third-order valence-corrected chi connectivity index (χ3v) is 3.95. The minimum Gasteiger partial charge on any atom is -0.388 e. The third-order valence-electron chi connectivity index (χ3n) is 3.95. The molecule has 1 aromatic rings. The number of aromatic nitrogens is 1. The highest BCUT2D eigenvalue weighted by Crippen LogP contribution is 2.27. The fourth-order valence-electron chi connectivity index (χ4n) is 2.71. The summed E-state index contributed by atoms with van der Waals surface area (Å²) in [6.45, 7) is 1.31. The molecule has 0 bridgehead atoms. The molecule has 2 rings (SSSR count). The first-order valence-corrected chi connectivity index (χ1v) is 7.39. The molecule has 1 aliphatic carbocycles. The lowest BCUT2D eigenvalue weighted by Crippen LogP contribution is -2.47. The Labute approximate surface area is 121 Å². The van der Waals surface area contributed by atoms with Crippen LogP contribution in [0.5, 0.6) is 0 Å². The Morgan fingerprint density at radius 1 is 1.35 bits per heavy atom. The fraction of sp³-hybridized carbons (Fsp3) is 0.667. The van der Waals surface area contributed by atoms with Crippen LogP contribution in [-0.2, 0) is 13.6 Å². The quantitative estimate of drug-likeness (QED) is 0.576. The highest BCUT2D eigenvalue weighted by molar-refractivity contribution is 5.79. The van der Waals surface area contributed by atoms with Gasteiger partial charge in [-0.15, -0.1) is 0 Å². The van der Waals surface area contributed by atoms with E-state index in [4.69, 9.17) is 0 Å². The molecular formula is C15H26N4O. The molecule has 112 valence electrons. The lowest BCUT2D eigenvalue weighted by Gasteiger charge is -2.32. The van der Waals surface area contributed by atoms with Gasteiger partial charge in [-0.05, 0) is 24.5 Å². The number of hydrogen-bond donors (Lipinski definition) is 3. The van der Waals surface area contributed by atoms with Crippen molar-refractivity contribution >= 4 is 5.96 Å². The van der Waals surface area contributed by atoms with Crippen molar-refractivity contribution in [3.05, 3.63) is 24.0 Å². The van der Waals surface area contributed by atoms with Crippen LogP contribution in [0.15, 0.2) is 23.5 Å². The van der Waals surface area contributed by atoms with Gasteiger partial charge in [0.1, 0.15) is 0 Å². The van der Waals surface area contributed by atoms with Crippen LogP contribution < -0.4 is 10.6 Å². The first kappa shape index (κ1) is 14.9. The Morgan fingerprint density at radius 2 is 2.10 bits per heavy atom. The SMILES string of the molecule is CN=C(NCc1ccn(C)c1)NCC1(O)CCCCC1. The molecule has 20 heavy (non-hydrogen) atoms. The van der Waals surface area contributed by atoms with E-state index in [0.717, 1.165) is 38.2 Å². The van der Waals surface area contributed by atoms with E-state index < -0.39 is 5.60 Å². The minimum absolute atomic E-state index is 0.567. The number of rotatable bonds is 4. The Balaban J connectivity index is 1.77. The molecule has 0 aliphatic heterocycles. The molecule has 0 unspecified atom stereocenters. The Hall–Kier alpha value is -1.49. The molecule has 1 aromatic heterocycles.